The van der Waals surface area contributed by atoms with Gasteiger partial charge in [0.2, 0.25) is 0 Å². The summed E-state index contributed by atoms with van der Waals surface area (Å²) >= 11 is 1.56. The molecule has 3 heterocycles. The molecule has 7 heteroatoms. The second kappa shape index (κ2) is 6.25. The van der Waals surface area contributed by atoms with Gasteiger partial charge in [-0.15, -0.1) is 16.4 Å². The molecule has 0 saturated heterocycles. The first-order valence-electron chi connectivity index (χ1n) is 6.95. The molecule has 3 aromatic heterocycles. The minimum Gasteiger partial charge on any atom is -0.308 e. The second-order valence-corrected chi connectivity index (χ2v) is 6.10. The van der Waals surface area contributed by atoms with E-state index in [1.54, 1.807) is 28.3 Å². The Balaban J connectivity index is 2.12. The van der Waals surface area contributed by atoms with Crippen molar-refractivity contribution in [2.75, 3.05) is 20.6 Å². The number of hydrogen-bond donors (Lipinski definition) is 0. The second-order valence-electron chi connectivity index (χ2n) is 5.16. The molecule has 0 saturated carbocycles. The van der Waals surface area contributed by atoms with Crippen LogP contribution < -0.4 is 5.69 Å². The molecule has 0 spiro atoms. The Labute approximate surface area is 132 Å². The monoisotopic (exact) mass is 315 g/mol. The van der Waals surface area contributed by atoms with E-state index in [9.17, 15) is 4.79 Å². The first kappa shape index (κ1) is 14.7. The Bertz CT molecular complexity index is 789. The van der Waals surface area contributed by atoms with Gasteiger partial charge in [-0.3, -0.25) is 4.98 Å². The number of hydrogen-bond acceptors (Lipinski definition) is 5. The maximum atomic E-state index is 12.7. The van der Waals surface area contributed by atoms with E-state index in [1.165, 1.54) is 4.68 Å². The molecule has 0 N–H and O–H groups in total. The average molecular weight is 315 g/mol. The molecule has 114 valence electrons. The molecule has 6 nitrogen and oxygen atoms in total. The van der Waals surface area contributed by atoms with Crippen LogP contribution in [0.25, 0.3) is 16.4 Å². The fourth-order valence-corrected chi connectivity index (χ4v) is 2.83. The van der Waals surface area contributed by atoms with Crippen LogP contribution in [-0.4, -0.2) is 44.9 Å². The van der Waals surface area contributed by atoms with Gasteiger partial charge in [-0.25, -0.2) is 14.0 Å². The molecule has 0 atom stereocenters. The number of likely N-dealkylation sites (N-methyl/N-ethyl adjacent to an activating group) is 1. The third-order valence-electron chi connectivity index (χ3n) is 3.24. The quantitative estimate of drug-likeness (QED) is 0.719. The van der Waals surface area contributed by atoms with Gasteiger partial charge in [-0.1, -0.05) is 6.07 Å². The summed E-state index contributed by atoms with van der Waals surface area (Å²) in [6, 6.07) is 7.60. The lowest BCUT2D eigenvalue weighted by Gasteiger charge is -2.07. The van der Waals surface area contributed by atoms with Crippen LogP contribution >= 0.6 is 11.3 Å². The van der Waals surface area contributed by atoms with Gasteiger partial charge in [0.05, 0.1) is 23.3 Å². The highest BCUT2D eigenvalue weighted by atomic mass is 32.1. The maximum Gasteiger partial charge on any atom is 0.350 e. The van der Waals surface area contributed by atoms with Gasteiger partial charge in [-0.2, -0.15) is 0 Å². The molecule has 0 unspecified atom stereocenters. The van der Waals surface area contributed by atoms with Gasteiger partial charge in [0, 0.05) is 12.7 Å². The number of aromatic nitrogens is 4. The zero-order valence-electron chi connectivity index (χ0n) is 12.5. The first-order valence-corrected chi connectivity index (χ1v) is 7.83. The summed E-state index contributed by atoms with van der Waals surface area (Å²) in [7, 11) is 3.95. The van der Waals surface area contributed by atoms with Crippen LogP contribution in [0.5, 0.6) is 0 Å². The fourth-order valence-electron chi connectivity index (χ4n) is 2.13. The van der Waals surface area contributed by atoms with Crippen LogP contribution in [0.15, 0.2) is 46.8 Å². The lowest BCUT2D eigenvalue weighted by molar-refractivity contribution is 0.369. The topological polar surface area (TPSA) is 56.0 Å². The summed E-state index contributed by atoms with van der Waals surface area (Å²) in [6.45, 7) is 1.31. The van der Waals surface area contributed by atoms with Crippen LogP contribution in [0.4, 0.5) is 0 Å². The number of thiophene rings is 1. The normalized spacial score (nSPS) is 11.2. The smallest absolute Gasteiger partial charge is 0.308 e. The molecule has 0 aliphatic carbocycles. The molecular weight excluding hydrogens is 298 g/mol. The molecule has 0 amide bonds. The van der Waals surface area contributed by atoms with Gasteiger partial charge in [0.1, 0.15) is 0 Å². The van der Waals surface area contributed by atoms with E-state index >= 15 is 0 Å². The summed E-state index contributed by atoms with van der Waals surface area (Å²) in [6.07, 6.45) is 3.37. The van der Waals surface area contributed by atoms with Crippen molar-refractivity contribution in [2.45, 2.75) is 6.54 Å². The molecule has 0 aliphatic rings. The third kappa shape index (κ3) is 2.86. The van der Waals surface area contributed by atoms with Crippen molar-refractivity contribution < 1.29 is 0 Å². The third-order valence-corrected chi connectivity index (χ3v) is 4.11. The summed E-state index contributed by atoms with van der Waals surface area (Å²) in [5, 5.41) is 6.50. The van der Waals surface area contributed by atoms with E-state index in [0.717, 1.165) is 17.1 Å². The molecule has 22 heavy (non-hydrogen) atoms. The SMILES string of the molecule is CN(C)CCn1nc(-c2cccs2)n(-c2cccnc2)c1=O. The number of rotatable bonds is 5. The summed E-state index contributed by atoms with van der Waals surface area (Å²) in [5.74, 6) is 0.659. The highest BCUT2D eigenvalue weighted by Crippen LogP contribution is 2.23. The molecule has 0 aromatic carbocycles. The van der Waals surface area contributed by atoms with Gasteiger partial charge < -0.3 is 4.90 Å². The van der Waals surface area contributed by atoms with Crippen LogP contribution in [0.2, 0.25) is 0 Å². The lowest BCUT2D eigenvalue weighted by atomic mass is 10.4. The molecule has 0 bridgehead atoms. The Morgan fingerprint density at radius 2 is 2.14 bits per heavy atom. The van der Waals surface area contributed by atoms with Crippen LogP contribution in [0.1, 0.15) is 0 Å². The Hall–Kier alpha value is -2.25. The number of nitrogens with zero attached hydrogens (tertiary/aromatic N) is 5. The average Bonchev–Trinajstić information content (AvgIpc) is 3.14. The Kier molecular flexibility index (Phi) is 4.17. The van der Waals surface area contributed by atoms with E-state index < -0.39 is 0 Å². The zero-order chi connectivity index (χ0) is 15.5. The van der Waals surface area contributed by atoms with Crippen molar-refractivity contribution in [3.8, 4) is 16.4 Å². The minimum absolute atomic E-state index is 0.141. The molecule has 0 fully saturated rings. The summed E-state index contributed by atoms with van der Waals surface area (Å²) in [5.41, 5.74) is 0.588. The van der Waals surface area contributed by atoms with E-state index in [1.807, 2.05) is 48.6 Å². The van der Waals surface area contributed by atoms with Crippen LogP contribution in [0, 0.1) is 0 Å². The Morgan fingerprint density at radius 1 is 1.27 bits per heavy atom. The van der Waals surface area contributed by atoms with E-state index in [0.29, 0.717) is 12.4 Å². The van der Waals surface area contributed by atoms with Gasteiger partial charge in [0.25, 0.3) is 0 Å². The van der Waals surface area contributed by atoms with Gasteiger partial charge in [-0.05, 0) is 37.7 Å². The summed E-state index contributed by atoms with van der Waals surface area (Å²) < 4.78 is 3.14. The van der Waals surface area contributed by atoms with Crippen LogP contribution in [-0.2, 0) is 6.54 Å². The predicted octanol–water partition coefficient (Wildman–Crippen LogP) is 1.72. The number of pyridine rings is 1. The highest BCUT2D eigenvalue weighted by Gasteiger charge is 2.17. The largest absolute Gasteiger partial charge is 0.350 e. The molecule has 3 rings (SSSR count). The van der Waals surface area contributed by atoms with Crippen molar-refractivity contribution in [2.24, 2.45) is 0 Å². The molecule has 3 aromatic rings. The van der Waals surface area contributed by atoms with E-state index in [-0.39, 0.29) is 5.69 Å². The van der Waals surface area contributed by atoms with Gasteiger partial charge in [0.15, 0.2) is 5.82 Å². The first-order chi connectivity index (χ1) is 10.7. The summed E-state index contributed by atoms with van der Waals surface area (Å²) in [4.78, 5) is 19.8. The van der Waals surface area contributed by atoms with E-state index in [4.69, 9.17) is 0 Å². The highest BCUT2D eigenvalue weighted by molar-refractivity contribution is 7.13. The zero-order valence-corrected chi connectivity index (χ0v) is 13.3. The lowest BCUT2D eigenvalue weighted by Crippen LogP contribution is -2.28. The molecular formula is C15H17N5OS. The fraction of sp³-hybridized carbons (Fsp3) is 0.267. The Morgan fingerprint density at radius 3 is 2.77 bits per heavy atom. The van der Waals surface area contributed by atoms with Crippen molar-refractivity contribution in [1.82, 2.24) is 24.2 Å². The minimum atomic E-state index is -0.141. The predicted molar refractivity (Wildman–Crippen MR) is 87.5 cm³/mol. The van der Waals surface area contributed by atoms with Crippen molar-refractivity contribution in [1.29, 1.82) is 0 Å². The standard InChI is InChI=1S/C15H17N5OS/c1-18(2)8-9-19-15(21)20(12-5-3-7-16-11-12)14(17-19)13-6-4-10-22-13/h3-7,10-11H,8-9H2,1-2H3. The van der Waals surface area contributed by atoms with Crippen molar-refractivity contribution in [3.63, 3.8) is 0 Å². The molecule has 0 aliphatic heterocycles. The van der Waals surface area contributed by atoms with Crippen molar-refractivity contribution >= 4 is 11.3 Å². The van der Waals surface area contributed by atoms with Gasteiger partial charge >= 0.3 is 5.69 Å². The van der Waals surface area contributed by atoms with Crippen molar-refractivity contribution in [3.05, 3.63) is 52.5 Å². The maximum absolute atomic E-state index is 12.7. The molecule has 0 radical (unpaired) electrons. The van der Waals surface area contributed by atoms with E-state index in [2.05, 4.69) is 10.1 Å². The van der Waals surface area contributed by atoms with Crippen LogP contribution in [0.3, 0.4) is 0 Å².